The lowest BCUT2D eigenvalue weighted by molar-refractivity contribution is -0.139. The van der Waals surface area contributed by atoms with Crippen molar-refractivity contribution in [3.8, 4) is 0 Å². The van der Waals surface area contributed by atoms with E-state index >= 15 is 0 Å². The van der Waals surface area contributed by atoms with Gasteiger partial charge in [-0.05, 0) is 35.0 Å². The van der Waals surface area contributed by atoms with Crippen LogP contribution in [0.4, 0.5) is 0 Å². The van der Waals surface area contributed by atoms with Crippen molar-refractivity contribution in [2.45, 2.75) is 12.5 Å². The van der Waals surface area contributed by atoms with E-state index in [1.807, 2.05) is 54.6 Å². The van der Waals surface area contributed by atoms with E-state index in [-0.39, 0.29) is 6.42 Å². The molecule has 0 aliphatic carbocycles. The minimum absolute atomic E-state index is 0.0481. The van der Waals surface area contributed by atoms with Gasteiger partial charge in [-0.3, -0.25) is 9.78 Å². The Balaban J connectivity index is 1.55. The minimum Gasteiger partial charge on any atom is -0.480 e. The quantitative estimate of drug-likeness (QED) is 0.562. The molecule has 0 bridgehead atoms. The molecule has 0 unspecified atom stereocenters. The van der Waals surface area contributed by atoms with Gasteiger partial charge >= 0.3 is 5.97 Å². The van der Waals surface area contributed by atoms with Crippen LogP contribution in [0.1, 0.15) is 16.1 Å². The zero-order valence-corrected chi connectivity index (χ0v) is 14.9. The van der Waals surface area contributed by atoms with E-state index in [4.69, 9.17) is 0 Å². The van der Waals surface area contributed by atoms with Gasteiger partial charge in [0.2, 0.25) is 0 Å². The molecule has 0 spiro atoms. The molecule has 1 amide bonds. The van der Waals surface area contributed by atoms with Crippen LogP contribution in [0, 0.1) is 0 Å². The Morgan fingerprint density at radius 1 is 0.929 bits per heavy atom. The first-order valence-corrected chi connectivity index (χ1v) is 8.83. The minimum atomic E-state index is -1.12. The van der Waals surface area contributed by atoms with Gasteiger partial charge in [0.1, 0.15) is 6.04 Å². The normalized spacial score (nSPS) is 12.0. The fourth-order valence-corrected chi connectivity index (χ4v) is 3.08. The molecule has 3 aromatic carbocycles. The second-order valence-electron chi connectivity index (χ2n) is 6.48. The number of carboxylic acids is 1. The van der Waals surface area contributed by atoms with E-state index in [0.29, 0.717) is 16.8 Å². The summed E-state index contributed by atoms with van der Waals surface area (Å²) in [6.07, 6.45) is 1.59. The van der Waals surface area contributed by atoms with Crippen LogP contribution in [-0.2, 0) is 11.2 Å². The van der Waals surface area contributed by atoms with Gasteiger partial charge in [0, 0.05) is 18.2 Å². The van der Waals surface area contributed by atoms with Gasteiger partial charge in [-0.15, -0.1) is 0 Å². The van der Waals surface area contributed by atoms with Crippen molar-refractivity contribution in [2.24, 2.45) is 0 Å². The Morgan fingerprint density at radius 2 is 1.64 bits per heavy atom. The average molecular weight is 371 g/mol. The molecule has 6 heteroatoms. The van der Waals surface area contributed by atoms with Crippen molar-refractivity contribution in [1.29, 1.82) is 0 Å². The van der Waals surface area contributed by atoms with Crippen LogP contribution in [-0.4, -0.2) is 33.0 Å². The lowest BCUT2D eigenvalue weighted by atomic mass is 10.1. The molecule has 1 aromatic heterocycles. The summed E-state index contributed by atoms with van der Waals surface area (Å²) >= 11 is 0. The Bertz CT molecular complexity index is 1190. The summed E-state index contributed by atoms with van der Waals surface area (Å²) in [5.74, 6) is -1.56. The highest BCUT2D eigenvalue weighted by Gasteiger charge is 2.22. The summed E-state index contributed by atoms with van der Waals surface area (Å²) in [7, 11) is 0. The van der Waals surface area contributed by atoms with Gasteiger partial charge < -0.3 is 10.4 Å². The number of hydrogen-bond acceptors (Lipinski definition) is 4. The fourth-order valence-electron chi connectivity index (χ4n) is 3.08. The highest BCUT2D eigenvalue weighted by atomic mass is 16.4. The molecule has 0 aliphatic rings. The topological polar surface area (TPSA) is 92.2 Å². The number of para-hydroxylation sites is 2. The summed E-state index contributed by atoms with van der Waals surface area (Å²) in [4.78, 5) is 33.0. The molecule has 0 aliphatic heterocycles. The molecule has 2 N–H and O–H groups in total. The number of rotatable bonds is 5. The molecule has 0 fully saturated rings. The maximum atomic E-state index is 12.6. The van der Waals surface area contributed by atoms with Crippen molar-refractivity contribution in [2.75, 3.05) is 0 Å². The number of hydrogen-bond donors (Lipinski definition) is 2. The van der Waals surface area contributed by atoms with Gasteiger partial charge in [-0.1, -0.05) is 42.5 Å². The average Bonchev–Trinajstić information content (AvgIpc) is 2.72. The summed E-state index contributed by atoms with van der Waals surface area (Å²) in [6.45, 7) is 0. The van der Waals surface area contributed by atoms with Gasteiger partial charge in [-0.2, -0.15) is 0 Å². The molecule has 28 heavy (non-hydrogen) atoms. The number of aliphatic carboxylic acids is 1. The number of nitrogens with one attached hydrogen (secondary N) is 1. The van der Waals surface area contributed by atoms with Crippen LogP contribution in [0.3, 0.4) is 0 Å². The summed E-state index contributed by atoms with van der Waals surface area (Å²) in [5, 5.41) is 14.1. The van der Waals surface area contributed by atoms with Crippen molar-refractivity contribution in [3.05, 3.63) is 84.2 Å². The lowest BCUT2D eigenvalue weighted by Crippen LogP contribution is -2.42. The Hall–Kier alpha value is -3.80. The molecule has 0 radical (unpaired) electrons. The third-order valence-corrected chi connectivity index (χ3v) is 4.53. The number of nitrogens with zero attached hydrogens (tertiary/aromatic N) is 2. The highest BCUT2D eigenvalue weighted by molar-refractivity contribution is 6.00. The van der Waals surface area contributed by atoms with Crippen LogP contribution in [0.5, 0.6) is 0 Å². The van der Waals surface area contributed by atoms with Crippen LogP contribution in [0.15, 0.2) is 72.9 Å². The standard InChI is InChI=1S/C22H17N3O3/c26-21(16-10-9-14-5-1-2-6-15(14)11-16)25-20(22(27)28)12-17-13-23-18-7-3-4-8-19(18)24-17/h1-11,13,20H,12H2,(H,25,26)(H,27,28)/t20-/m1/s1. The third-order valence-electron chi connectivity index (χ3n) is 4.53. The molecule has 4 rings (SSSR count). The number of fused-ring (bicyclic) bond motifs is 2. The van der Waals surface area contributed by atoms with E-state index < -0.39 is 17.9 Å². The SMILES string of the molecule is O=C(N[C@H](Cc1cnc2ccccc2n1)C(=O)O)c1ccc2ccccc2c1. The van der Waals surface area contributed by atoms with Gasteiger partial charge in [0.15, 0.2) is 0 Å². The predicted octanol–water partition coefficient (Wildman–Crippen LogP) is 3.21. The first-order chi connectivity index (χ1) is 13.6. The van der Waals surface area contributed by atoms with E-state index in [1.165, 1.54) is 0 Å². The van der Waals surface area contributed by atoms with E-state index in [1.54, 1.807) is 18.3 Å². The summed E-state index contributed by atoms with van der Waals surface area (Å²) in [6, 6.07) is 19.2. The lowest BCUT2D eigenvalue weighted by Gasteiger charge is -2.14. The van der Waals surface area contributed by atoms with Crippen LogP contribution < -0.4 is 5.32 Å². The predicted molar refractivity (Wildman–Crippen MR) is 106 cm³/mol. The van der Waals surface area contributed by atoms with Crippen molar-refractivity contribution < 1.29 is 14.7 Å². The highest BCUT2D eigenvalue weighted by Crippen LogP contribution is 2.16. The molecule has 1 atom stereocenters. The fraction of sp³-hybridized carbons (Fsp3) is 0.0909. The van der Waals surface area contributed by atoms with Crippen LogP contribution in [0.2, 0.25) is 0 Å². The van der Waals surface area contributed by atoms with Gasteiger partial charge in [-0.25, -0.2) is 9.78 Å². The first kappa shape index (κ1) is 17.6. The van der Waals surface area contributed by atoms with E-state index in [0.717, 1.165) is 16.3 Å². The Labute approximate surface area is 160 Å². The zero-order valence-electron chi connectivity index (χ0n) is 14.9. The number of aromatic nitrogens is 2. The Morgan fingerprint density at radius 3 is 2.43 bits per heavy atom. The molecule has 4 aromatic rings. The van der Waals surface area contributed by atoms with E-state index in [9.17, 15) is 14.7 Å². The van der Waals surface area contributed by atoms with Gasteiger partial charge in [0.25, 0.3) is 5.91 Å². The molecule has 0 saturated heterocycles. The van der Waals surface area contributed by atoms with Crippen molar-refractivity contribution in [3.63, 3.8) is 0 Å². The van der Waals surface area contributed by atoms with E-state index in [2.05, 4.69) is 15.3 Å². The monoisotopic (exact) mass is 371 g/mol. The summed E-state index contributed by atoms with van der Waals surface area (Å²) in [5.41, 5.74) is 2.34. The number of carboxylic acid groups (broad SMARTS) is 1. The number of carbonyl (C=O) groups is 2. The number of carbonyl (C=O) groups excluding carboxylic acids is 1. The summed E-state index contributed by atoms with van der Waals surface area (Å²) < 4.78 is 0. The van der Waals surface area contributed by atoms with Crippen LogP contribution >= 0.6 is 0 Å². The number of benzene rings is 3. The second-order valence-corrected chi connectivity index (χ2v) is 6.48. The number of amides is 1. The smallest absolute Gasteiger partial charge is 0.326 e. The molecular weight excluding hydrogens is 354 g/mol. The maximum absolute atomic E-state index is 12.6. The second kappa shape index (κ2) is 7.44. The maximum Gasteiger partial charge on any atom is 0.326 e. The molecule has 0 saturated carbocycles. The zero-order chi connectivity index (χ0) is 19.5. The van der Waals surface area contributed by atoms with Crippen molar-refractivity contribution in [1.82, 2.24) is 15.3 Å². The third kappa shape index (κ3) is 3.66. The largest absolute Gasteiger partial charge is 0.480 e. The molecule has 1 heterocycles. The van der Waals surface area contributed by atoms with Gasteiger partial charge in [0.05, 0.1) is 16.7 Å². The Kier molecular flexibility index (Phi) is 4.68. The molecule has 6 nitrogen and oxygen atoms in total. The first-order valence-electron chi connectivity index (χ1n) is 8.83. The molecular formula is C22H17N3O3. The van der Waals surface area contributed by atoms with Crippen molar-refractivity contribution >= 4 is 33.7 Å². The van der Waals surface area contributed by atoms with Crippen LogP contribution in [0.25, 0.3) is 21.8 Å². The molecule has 138 valence electrons.